The summed E-state index contributed by atoms with van der Waals surface area (Å²) < 4.78 is 23.6. The maximum Gasteiger partial charge on any atom is 0.354 e. The number of carboxylic acids is 1. The molecule has 4 rings (SSSR count). The van der Waals surface area contributed by atoms with Crippen molar-refractivity contribution >= 4 is 24.7 Å². The van der Waals surface area contributed by atoms with E-state index in [0.29, 0.717) is 97.0 Å². The van der Waals surface area contributed by atoms with E-state index in [1.165, 1.54) is 6.07 Å². The van der Waals surface area contributed by atoms with E-state index in [1.807, 2.05) is 42.5 Å². The first-order valence-electron chi connectivity index (χ1n) is 15.0. The molecule has 0 bridgehead atoms. The number of hydrogen-bond donors (Lipinski definition) is 1. The molecule has 0 radical (unpaired) electrons. The van der Waals surface area contributed by atoms with Crippen LogP contribution < -0.4 is 0 Å². The number of aromatic nitrogens is 2. The van der Waals surface area contributed by atoms with Crippen molar-refractivity contribution in [1.29, 1.82) is 0 Å². The van der Waals surface area contributed by atoms with Crippen molar-refractivity contribution in [3.8, 4) is 0 Å². The molecule has 45 heavy (non-hydrogen) atoms. The summed E-state index contributed by atoms with van der Waals surface area (Å²) in [6.45, 7) is 10.1. The smallest absolute Gasteiger partial charge is 0.354 e. The minimum Gasteiger partial charge on any atom is -0.477 e. The summed E-state index contributed by atoms with van der Waals surface area (Å²) in [5.74, 6) is -1.05. The van der Waals surface area contributed by atoms with Gasteiger partial charge in [-0.15, -0.1) is 0 Å². The van der Waals surface area contributed by atoms with E-state index in [0.717, 1.165) is 23.2 Å². The lowest BCUT2D eigenvalue weighted by molar-refractivity contribution is 0.00332. The molecule has 0 saturated carbocycles. The maximum absolute atomic E-state index is 11.5. The van der Waals surface area contributed by atoms with E-state index < -0.39 is 5.97 Å². The third kappa shape index (κ3) is 11.2. The summed E-state index contributed by atoms with van der Waals surface area (Å²) in [7, 11) is 0. The lowest BCUT2D eigenvalue weighted by Gasteiger charge is -2.32. The Morgan fingerprint density at radius 2 is 1.42 bits per heavy atom. The van der Waals surface area contributed by atoms with Crippen LogP contribution in [-0.4, -0.2) is 123 Å². The van der Waals surface area contributed by atoms with Crippen molar-refractivity contribution < 1.29 is 33.6 Å². The number of carbonyl (C=O) groups excluding carboxylic acids is 1. The number of aldehydes is 1. The summed E-state index contributed by atoms with van der Waals surface area (Å²) >= 11 is 0. The molecule has 0 amide bonds. The molecule has 1 aromatic carbocycles. The number of pyridine rings is 2. The second kappa shape index (κ2) is 18.8. The van der Waals surface area contributed by atoms with Gasteiger partial charge in [0, 0.05) is 32.7 Å². The number of aromatic carboxylic acids is 1. The summed E-state index contributed by atoms with van der Waals surface area (Å²) in [6, 6.07) is 18.0. The van der Waals surface area contributed by atoms with Crippen LogP contribution in [0.5, 0.6) is 0 Å². The number of nitrogens with zero attached hydrogens (tertiary/aromatic N) is 5. The van der Waals surface area contributed by atoms with Crippen LogP contribution in [0.2, 0.25) is 0 Å². The van der Waals surface area contributed by atoms with Crippen LogP contribution in [0.1, 0.15) is 44.0 Å². The Hall–Kier alpha value is -3.91. The zero-order chi connectivity index (χ0) is 31.7. The minimum atomic E-state index is -1.05. The average Bonchev–Trinajstić information content (AvgIpc) is 3.06. The quantitative estimate of drug-likeness (QED) is 0.294. The topological polar surface area (TPSA) is 136 Å². The molecule has 1 saturated heterocycles. The fourth-order valence-electron chi connectivity index (χ4n) is 4.97. The normalized spacial score (nSPS) is 17.9. The first kappa shape index (κ1) is 34.0. The van der Waals surface area contributed by atoms with Crippen molar-refractivity contribution in [1.82, 2.24) is 19.8 Å². The third-order valence-electron chi connectivity index (χ3n) is 7.25. The van der Waals surface area contributed by atoms with Gasteiger partial charge >= 0.3 is 5.97 Å². The van der Waals surface area contributed by atoms with Crippen molar-refractivity contribution in [2.75, 3.05) is 79.0 Å². The molecule has 1 aliphatic heterocycles. The van der Waals surface area contributed by atoms with Gasteiger partial charge in [0.05, 0.1) is 76.0 Å². The molecule has 1 fully saturated rings. The first-order chi connectivity index (χ1) is 22.1. The molecular weight excluding hydrogens is 578 g/mol. The molecule has 0 spiro atoms. The van der Waals surface area contributed by atoms with Gasteiger partial charge in [0.1, 0.15) is 11.4 Å². The number of aliphatic imine (C=N–C) groups is 1. The molecule has 12 heteroatoms. The van der Waals surface area contributed by atoms with Crippen LogP contribution in [-0.2, 0) is 25.5 Å². The second-order valence-electron chi connectivity index (χ2n) is 10.3. The van der Waals surface area contributed by atoms with Gasteiger partial charge in [-0.1, -0.05) is 24.3 Å². The summed E-state index contributed by atoms with van der Waals surface area (Å²) in [5.41, 5.74) is 3.59. The Morgan fingerprint density at radius 1 is 0.822 bits per heavy atom. The number of carbonyl (C=O) groups is 2. The number of rotatable bonds is 8. The molecule has 240 valence electrons. The molecule has 1 N–H and O–H groups in total. The molecule has 1 aliphatic rings. The predicted molar refractivity (Wildman–Crippen MR) is 168 cm³/mol. The van der Waals surface area contributed by atoms with Crippen LogP contribution in [0, 0.1) is 0 Å². The highest BCUT2D eigenvalue weighted by atomic mass is 16.5. The molecule has 1 atom stereocenters. The van der Waals surface area contributed by atoms with Gasteiger partial charge in [0.15, 0.2) is 6.29 Å². The number of carboxylic acid groups (broad SMARTS) is 1. The van der Waals surface area contributed by atoms with Gasteiger partial charge in [-0.3, -0.25) is 19.6 Å². The molecule has 3 heterocycles. The van der Waals surface area contributed by atoms with E-state index in [4.69, 9.17) is 18.9 Å². The van der Waals surface area contributed by atoms with Crippen molar-refractivity contribution in [3.63, 3.8) is 0 Å². The van der Waals surface area contributed by atoms with Gasteiger partial charge in [0.2, 0.25) is 0 Å². The van der Waals surface area contributed by atoms with Crippen LogP contribution in [0.3, 0.4) is 0 Å². The summed E-state index contributed by atoms with van der Waals surface area (Å²) in [6.07, 6.45) is 0.754. The Labute approximate surface area is 263 Å². The fraction of sp³-hybridized carbons (Fsp3) is 0.424. The van der Waals surface area contributed by atoms with Gasteiger partial charge < -0.3 is 24.1 Å². The molecule has 1 unspecified atom stereocenters. The monoisotopic (exact) mass is 619 g/mol. The van der Waals surface area contributed by atoms with Crippen LogP contribution in [0.15, 0.2) is 65.7 Å². The highest BCUT2D eigenvalue weighted by Gasteiger charge is 2.24. The first-order valence-corrected chi connectivity index (χ1v) is 15.0. The lowest BCUT2D eigenvalue weighted by atomic mass is 10.0. The second-order valence-corrected chi connectivity index (χ2v) is 10.3. The Balaban J connectivity index is 1.39. The number of ether oxygens (including phenoxy) is 4. The van der Waals surface area contributed by atoms with Crippen molar-refractivity contribution in [3.05, 3.63) is 89.0 Å². The van der Waals surface area contributed by atoms with E-state index in [-0.39, 0.29) is 11.7 Å². The Bertz CT molecular complexity index is 1340. The van der Waals surface area contributed by atoms with Gasteiger partial charge in [-0.2, -0.15) is 0 Å². The maximum atomic E-state index is 11.5. The SMILES string of the molecule is C=Nc1ccc(C(c2cccc(C=O)n2)N2CCOCCOCCN(Cc3cccc(C(=O)O)n3)CCOCCOCC2)cc1. The van der Waals surface area contributed by atoms with Crippen LogP contribution in [0.4, 0.5) is 5.69 Å². The molecule has 0 aliphatic carbocycles. The van der Waals surface area contributed by atoms with E-state index in [9.17, 15) is 14.7 Å². The van der Waals surface area contributed by atoms with E-state index in [2.05, 4.69) is 31.5 Å². The van der Waals surface area contributed by atoms with Crippen molar-refractivity contribution in [2.24, 2.45) is 4.99 Å². The molecule has 12 nitrogen and oxygen atoms in total. The largest absolute Gasteiger partial charge is 0.477 e. The Morgan fingerprint density at radius 3 is 2.00 bits per heavy atom. The molecule has 3 aromatic rings. The van der Waals surface area contributed by atoms with Gasteiger partial charge in [0.25, 0.3) is 0 Å². The molecular formula is C33H41N5O7. The van der Waals surface area contributed by atoms with Crippen molar-refractivity contribution in [2.45, 2.75) is 12.6 Å². The van der Waals surface area contributed by atoms with E-state index >= 15 is 0 Å². The van der Waals surface area contributed by atoms with E-state index in [1.54, 1.807) is 12.1 Å². The molecule has 2 aromatic heterocycles. The zero-order valence-electron chi connectivity index (χ0n) is 25.5. The fourth-order valence-corrected chi connectivity index (χ4v) is 4.97. The Kier molecular flexibility index (Phi) is 14.2. The third-order valence-corrected chi connectivity index (χ3v) is 7.25. The average molecular weight is 620 g/mol. The number of benzene rings is 1. The lowest BCUT2D eigenvalue weighted by Crippen LogP contribution is -2.36. The number of hydrogen-bond acceptors (Lipinski definition) is 11. The van der Waals surface area contributed by atoms with Gasteiger partial charge in [-0.05, 0) is 48.7 Å². The summed E-state index contributed by atoms with van der Waals surface area (Å²) in [4.78, 5) is 40.1. The van der Waals surface area contributed by atoms with Gasteiger partial charge in [-0.25, -0.2) is 14.8 Å². The zero-order valence-corrected chi connectivity index (χ0v) is 25.5. The summed E-state index contributed by atoms with van der Waals surface area (Å²) in [5, 5.41) is 9.28. The minimum absolute atomic E-state index is 0.0224. The van der Waals surface area contributed by atoms with Crippen LogP contribution >= 0.6 is 0 Å². The highest BCUT2D eigenvalue weighted by Crippen LogP contribution is 2.29. The van der Waals surface area contributed by atoms with Crippen LogP contribution in [0.25, 0.3) is 0 Å². The predicted octanol–water partition coefficient (Wildman–Crippen LogP) is 3.29. The standard InChI is InChI=1S/C33H41N5O7/c1-34-27-10-8-26(9-11-27)32(30-6-3-5-29(25-39)36-30)38-14-18-44-22-20-42-16-12-37(13-17-43-21-23-45-19-15-38)24-28-4-2-7-31(35-28)33(40)41/h2-11,25,32H,1,12-24H2,(H,40,41). The highest BCUT2D eigenvalue weighted by molar-refractivity contribution is 5.85.